The van der Waals surface area contributed by atoms with Crippen LogP contribution >= 0.6 is 15.9 Å². The minimum atomic E-state index is -0.417. The van der Waals surface area contributed by atoms with Gasteiger partial charge in [-0.05, 0) is 28.8 Å². The molecule has 5 heteroatoms. The number of halogens is 1. The molecule has 1 aromatic heterocycles. The zero-order valence-corrected chi connectivity index (χ0v) is 10.0. The van der Waals surface area contributed by atoms with Gasteiger partial charge in [0.25, 0.3) is 0 Å². The van der Waals surface area contributed by atoms with Gasteiger partial charge in [0.15, 0.2) is 0 Å². The lowest BCUT2D eigenvalue weighted by Crippen LogP contribution is -2.06. The highest BCUT2D eigenvalue weighted by atomic mass is 79.9. The quantitative estimate of drug-likeness (QED) is 0.850. The number of rotatable bonds is 3. The van der Waals surface area contributed by atoms with Gasteiger partial charge in [0.05, 0.1) is 12.3 Å². The van der Waals surface area contributed by atoms with E-state index in [0.29, 0.717) is 17.1 Å². The van der Waals surface area contributed by atoms with Crippen LogP contribution in [0.1, 0.15) is 43.0 Å². The van der Waals surface area contributed by atoms with Crippen molar-refractivity contribution in [2.45, 2.75) is 26.7 Å². The van der Waals surface area contributed by atoms with E-state index in [1.165, 1.54) is 0 Å². The van der Waals surface area contributed by atoms with Crippen molar-refractivity contribution in [2.75, 3.05) is 6.61 Å². The van der Waals surface area contributed by atoms with Crippen molar-refractivity contribution in [1.82, 2.24) is 9.97 Å². The number of aromatic nitrogens is 2. The molecule has 4 nitrogen and oxygen atoms in total. The standard InChI is InChI=1S/C9H13BrN2O2/c1-4-14-9(13)8-11-6(5(2)3)7(10)12-8/h5H,4H2,1-3H3,(H,11,12). The molecule has 0 aromatic carbocycles. The van der Waals surface area contributed by atoms with Gasteiger partial charge in [0.1, 0.15) is 4.60 Å². The molecular formula is C9H13BrN2O2. The smallest absolute Gasteiger partial charge is 0.374 e. The third-order valence-electron chi connectivity index (χ3n) is 1.73. The lowest BCUT2D eigenvalue weighted by atomic mass is 10.2. The number of ether oxygens (including phenoxy) is 1. The monoisotopic (exact) mass is 260 g/mol. The summed E-state index contributed by atoms with van der Waals surface area (Å²) in [6.07, 6.45) is 0. The molecule has 0 aliphatic heterocycles. The van der Waals surface area contributed by atoms with E-state index in [9.17, 15) is 4.79 Å². The molecule has 0 saturated carbocycles. The van der Waals surface area contributed by atoms with Crippen molar-refractivity contribution >= 4 is 21.9 Å². The fourth-order valence-corrected chi connectivity index (χ4v) is 1.78. The Hall–Kier alpha value is -0.840. The summed E-state index contributed by atoms with van der Waals surface area (Å²) in [6.45, 7) is 6.16. The first-order valence-corrected chi connectivity index (χ1v) is 5.28. The van der Waals surface area contributed by atoms with E-state index in [0.717, 1.165) is 5.69 Å². The molecule has 0 bridgehead atoms. The molecule has 0 aliphatic carbocycles. The van der Waals surface area contributed by atoms with Gasteiger partial charge in [0, 0.05) is 0 Å². The van der Waals surface area contributed by atoms with Gasteiger partial charge in [0.2, 0.25) is 5.82 Å². The Morgan fingerprint density at radius 1 is 1.64 bits per heavy atom. The summed E-state index contributed by atoms with van der Waals surface area (Å²) in [5.74, 6) is 0.127. The molecule has 0 fully saturated rings. The molecule has 1 rings (SSSR count). The van der Waals surface area contributed by atoms with Gasteiger partial charge in [-0.15, -0.1) is 0 Å². The van der Waals surface area contributed by atoms with E-state index in [1.54, 1.807) is 6.92 Å². The van der Waals surface area contributed by atoms with Crippen LogP contribution < -0.4 is 0 Å². The van der Waals surface area contributed by atoms with Crippen molar-refractivity contribution in [1.29, 1.82) is 0 Å². The molecule has 0 unspecified atom stereocenters. The van der Waals surface area contributed by atoms with E-state index < -0.39 is 5.97 Å². The molecule has 0 radical (unpaired) electrons. The fourth-order valence-electron chi connectivity index (χ4n) is 1.04. The highest BCUT2D eigenvalue weighted by Gasteiger charge is 2.16. The first-order chi connectivity index (χ1) is 6.56. The predicted octanol–water partition coefficient (Wildman–Crippen LogP) is 2.47. The Kier molecular flexibility index (Phi) is 3.69. The Labute approximate surface area is 91.2 Å². The summed E-state index contributed by atoms with van der Waals surface area (Å²) in [5.41, 5.74) is 0.910. The van der Waals surface area contributed by atoms with Gasteiger partial charge in [-0.3, -0.25) is 0 Å². The number of nitrogens with one attached hydrogen (secondary N) is 1. The van der Waals surface area contributed by atoms with Gasteiger partial charge in [-0.2, -0.15) is 0 Å². The number of H-pyrrole nitrogens is 1. The number of esters is 1. The lowest BCUT2D eigenvalue weighted by Gasteiger charge is -2.00. The van der Waals surface area contributed by atoms with E-state index in [4.69, 9.17) is 4.74 Å². The average molecular weight is 261 g/mol. The van der Waals surface area contributed by atoms with Crippen LogP contribution in [0.2, 0.25) is 0 Å². The summed E-state index contributed by atoms with van der Waals surface area (Å²) in [6, 6.07) is 0. The fraction of sp³-hybridized carbons (Fsp3) is 0.556. The molecule has 0 atom stereocenters. The third-order valence-corrected chi connectivity index (χ3v) is 2.34. The molecule has 0 amide bonds. The predicted molar refractivity (Wildman–Crippen MR) is 56.3 cm³/mol. The Balaban J connectivity index is 2.90. The second-order valence-electron chi connectivity index (χ2n) is 3.17. The second kappa shape index (κ2) is 4.59. The van der Waals surface area contributed by atoms with Crippen molar-refractivity contribution in [3.8, 4) is 0 Å². The SMILES string of the molecule is CCOC(=O)c1nc(Br)c(C(C)C)[nH]1. The Bertz CT molecular complexity index is 334. The van der Waals surface area contributed by atoms with Crippen molar-refractivity contribution in [3.63, 3.8) is 0 Å². The van der Waals surface area contributed by atoms with Crippen LogP contribution in [0.3, 0.4) is 0 Å². The molecule has 1 aromatic rings. The van der Waals surface area contributed by atoms with E-state index >= 15 is 0 Å². The van der Waals surface area contributed by atoms with Gasteiger partial charge < -0.3 is 9.72 Å². The number of carbonyl (C=O) groups excluding carboxylic acids is 1. The first kappa shape index (κ1) is 11.2. The van der Waals surface area contributed by atoms with Crippen LogP contribution in [-0.4, -0.2) is 22.5 Å². The average Bonchev–Trinajstić information content (AvgIpc) is 2.48. The number of aromatic amines is 1. The summed E-state index contributed by atoms with van der Waals surface area (Å²) in [7, 11) is 0. The molecule has 1 N–H and O–H groups in total. The van der Waals surface area contributed by atoms with E-state index in [1.807, 2.05) is 13.8 Å². The molecule has 1 heterocycles. The summed E-state index contributed by atoms with van der Waals surface area (Å²) >= 11 is 3.29. The zero-order valence-electron chi connectivity index (χ0n) is 8.43. The molecule has 0 aliphatic rings. The van der Waals surface area contributed by atoms with Gasteiger partial charge >= 0.3 is 5.97 Å². The van der Waals surface area contributed by atoms with Crippen LogP contribution in [0.15, 0.2) is 4.60 Å². The minimum absolute atomic E-state index is 0.252. The number of hydrogen-bond donors (Lipinski definition) is 1. The van der Waals surface area contributed by atoms with Crippen LogP contribution in [0, 0.1) is 0 Å². The summed E-state index contributed by atoms with van der Waals surface area (Å²) in [4.78, 5) is 18.3. The number of imidazole rings is 1. The highest BCUT2D eigenvalue weighted by Crippen LogP contribution is 2.21. The van der Waals surface area contributed by atoms with E-state index in [-0.39, 0.29) is 5.82 Å². The maximum atomic E-state index is 11.3. The lowest BCUT2D eigenvalue weighted by molar-refractivity contribution is 0.0513. The number of nitrogens with zero attached hydrogens (tertiary/aromatic N) is 1. The van der Waals surface area contributed by atoms with Gasteiger partial charge in [-0.25, -0.2) is 9.78 Å². The molecule has 0 spiro atoms. The van der Waals surface area contributed by atoms with E-state index in [2.05, 4.69) is 25.9 Å². The largest absolute Gasteiger partial charge is 0.460 e. The van der Waals surface area contributed by atoms with Crippen molar-refractivity contribution < 1.29 is 9.53 Å². The van der Waals surface area contributed by atoms with Crippen LogP contribution in [0.4, 0.5) is 0 Å². The van der Waals surface area contributed by atoms with Crippen LogP contribution in [0.5, 0.6) is 0 Å². The summed E-state index contributed by atoms with van der Waals surface area (Å²) < 4.78 is 5.50. The first-order valence-electron chi connectivity index (χ1n) is 4.48. The van der Waals surface area contributed by atoms with Crippen molar-refractivity contribution in [2.24, 2.45) is 0 Å². The molecule has 78 valence electrons. The maximum absolute atomic E-state index is 11.3. The molecular weight excluding hydrogens is 248 g/mol. The normalized spacial score (nSPS) is 10.6. The Morgan fingerprint density at radius 2 is 2.29 bits per heavy atom. The number of hydrogen-bond acceptors (Lipinski definition) is 3. The molecule has 0 saturated heterocycles. The minimum Gasteiger partial charge on any atom is -0.460 e. The topological polar surface area (TPSA) is 55.0 Å². The molecule has 14 heavy (non-hydrogen) atoms. The number of carbonyl (C=O) groups is 1. The third kappa shape index (κ3) is 2.35. The second-order valence-corrected chi connectivity index (χ2v) is 3.92. The Morgan fingerprint density at radius 3 is 2.71 bits per heavy atom. The highest BCUT2D eigenvalue weighted by molar-refractivity contribution is 9.10. The zero-order chi connectivity index (χ0) is 10.7. The summed E-state index contributed by atoms with van der Waals surface area (Å²) in [5, 5.41) is 0. The maximum Gasteiger partial charge on any atom is 0.374 e. The van der Waals surface area contributed by atoms with Crippen molar-refractivity contribution in [3.05, 3.63) is 16.1 Å². The van der Waals surface area contributed by atoms with Crippen LogP contribution in [-0.2, 0) is 4.74 Å². The van der Waals surface area contributed by atoms with Gasteiger partial charge in [-0.1, -0.05) is 13.8 Å². The van der Waals surface area contributed by atoms with Crippen LogP contribution in [0.25, 0.3) is 0 Å².